The molecule has 0 aromatic heterocycles. The van der Waals surface area contributed by atoms with Crippen LogP contribution in [-0.2, 0) is 6.42 Å². The topological polar surface area (TPSA) is 17.1 Å². The van der Waals surface area contributed by atoms with Gasteiger partial charge in [0.05, 0.1) is 0 Å². The molecule has 0 unspecified atom stereocenters. The molecule has 0 fully saturated rings. The number of carbonyl (C=O) groups is 1. The lowest BCUT2D eigenvalue weighted by atomic mass is 10.0. The highest BCUT2D eigenvalue weighted by Crippen LogP contribution is 2.29. The van der Waals surface area contributed by atoms with E-state index >= 15 is 0 Å². The van der Waals surface area contributed by atoms with E-state index in [1.807, 2.05) is 30.3 Å². The molecule has 1 aliphatic carbocycles. The number of hydrogen-bond donors (Lipinski definition) is 0. The fourth-order valence-corrected chi connectivity index (χ4v) is 2.47. The minimum atomic E-state index is 0.254. The molecule has 2 aromatic carbocycles. The van der Waals surface area contributed by atoms with Crippen LogP contribution in [0, 0.1) is 0 Å². The van der Waals surface area contributed by atoms with Crippen LogP contribution in [0.3, 0.4) is 0 Å². The van der Waals surface area contributed by atoms with Crippen molar-refractivity contribution < 1.29 is 4.79 Å². The van der Waals surface area contributed by atoms with E-state index in [1.165, 1.54) is 5.56 Å². The van der Waals surface area contributed by atoms with Crippen LogP contribution in [0.15, 0.2) is 42.5 Å². The summed E-state index contributed by atoms with van der Waals surface area (Å²) in [4.78, 5) is 11.7. The normalized spacial score (nSPS) is 13.8. The van der Waals surface area contributed by atoms with Gasteiger partial charge in [-0.25, -0.2) is 0 Å². The summed E-state index contributed by atoms with van der Waals surface area (Å²) < 4.78 is 0. The van der Waals surface area contributed by atoms with E-state index < -0.39 is 0 Å². The molecule has 0 heterocycles. The second kappa shape index (κ2) is 4.01. The molecule has 0 bridgehead atoms. The van der Waals surface area contributed by atoms with Crippen LogP contribution in [0.5, 0.6) is 0 Å². The molecule has 2 heteroatoms. The molecule has 0 N–H and O–H groups in total. The summed E-state index contributed by atoms with van der Waals surface area (Å²) in [5, 5.41) is 0.717. The second-order valence-electron chi connectivity index (χ2n) is 4.31. The molecule has 0 aliphatic heterocycles. The number of aryl methyl sites for hydroxylation is 1. The third kappa shape index (κ3) is 1.87. The molecule has 3 rings (SSSR count). The Kier molecular flexibility index (Phi) is 2.49. The maximum Gasteiger partial charge on any atom is 0.163 e. The monoisotopic (exact) mass is 242 g/mol. The van der Waals surface area contributed by atoms with E-state index in [4.69, 9.17) is 11.6 Å². The average Bonchev–Trinajstić information content (AvgIpc) is 2.71. The molecule has 0 spiro atoms. The zero-order valence-electron chi connectivity index (χ0n) is 9.24. The van der Waals surface area contributed by atoms with Crippen molar-refractivity contribution in [1.29, 1.82) is 0 Å². The Labute approximate surface area is 105 Å². The Morgan fingerprint density at radius 2 is 1.76 bits per heavy atom. The van der Waals surface area contributed by atoms with Crippen LogP contribution in [0.25, 0.3) is 11.1 Å². The molecule has 0 saturated heterocycles. The van der Waals surface area contributed by atoms with Gasteiger partial charge in [0.25, 0.3) is 0 Å². The van der Waals surface area contributed by atoms with Crippen molar-refractivity contribution in [3.8, 4) is 11.1 Å². The zero-order chi connectivity index (χ0) is 11.8. The number of Topliss-reactive ketones (excluding diaryl/α,β-unsaturated/α-hetero) is 1. The number of fused-ring (bicyclic) bond motifs is 1. The van der Waals surface area contributed by atoms with Crippen LogP contribution >= 0.6 is 11.6 Å². The first-order valence-corrected chi connectivity index (χ1v) is 6.04. The van der Waals surface area contributed by atoms with Gasteiger partial charge in [0.15, 0.2) is 5.78 Å². The Bertz CT molecular complexity index is 602. The van der Waals surface area contributed by atoms with E-state index in [0.29, 0.717) is 11.4 Å². The van der Waals surface area contributed by atoms with Gasteiger partial charge in [-0.05, 0) is 41.3 Å². The number of ketones is 1. The number of halogens is 1. The van der Waals surface area contributed by atoms with Crippen molar-refractivity contribution in [2.45, 2.75) is 12.8 Å². The average molecular weight is 243 g/mol. The van der Waals surface area contributed by atoms with Crippen molar-refractivity contribution in [3.05, 3.63) is 58.6 Å². The molecule has 0 amide bonds. The van der Waals surface area contributed by atoms with Crippen LogP contribution in [0.1, 0.15) is 22.3 Å². The van der Waals surface area contributed by atoms with E-state index in [2.05, 4.69) is 12.1 Å². The van der Waals surface area contributed by atoms with Crippen molar-refractivity contribution >= 4 is 17.4 Å². The molecule has 0 saturated carbocycles. The minimum absolute atomic E-state index is 0.254. The Morgan fingerprint density at radius 1 is 0.941 bits per heavy atom. The molecule has 1 aliphatic rings. The van der Waals surface area contributed by atoms with Crippen molar-refractivity contribution in [2.75, 3.05) is 0 Å². The van der Waals surface area contributed by atoms with Crippen LogP contribution < -0.4 is 0 Å². The van der Waals surface area contributed by atoms with Gasteiger partial charge < -0.3 is 0 Å². The van der Waals surface area contributed by atoms with Gasteiger partial charge in [-0.15, -0.1) is 0 Å². The minimum Gasteiger partial charge on any atom is -0.294 e. The fraction of sp³-hybridized carbons (Fsp3) is 0.133. The predicted octanol–water partition coefficient (Wildman–Crippen LogP) is 4.14. The largest absolute Gasteiger partial charge is 0.294 e. The predicted molar refractivity (Wildman–Crippen MR) is 69.5 cm³/mol. The lowest BCUT2D eigenvalue weighted by Gasteiger charge is -2.05. The highest BCUT2D eigenvalue weighted by atomic mass is 35.5. The lowest BCUT2D eigenvalue weighted by molar-refractivity contribution is 0.0994. The smallest absolute Gasteiger partial charge is 0.163 e. The number of rotatable bonds is 1. The van der Waals surface area contributed by atoms with E-state index in [1.54, 1.807) is 0 Å². The van der Waals surface area contributed by atoms with Gasteiger partial charge in [-0.3, -0.25) is 4.79 Å². The van der Waals surface area contributed by atoms with E-state index in [0.717, 1.165) is 23.1 Å². The number of hydrogen-bond acceptors (Lipinski definition) is 1. The van der Waals surface area contributed by atoms with Crippen molar-refractivity contribution in [3.63, 3.8) is 0 Å². The third-order valence-electron chi connectivity index (χ3n) is 3.19. The third-order valence-corrected chi connectivity index (χ3v) is 3.42. The second-order valence-corrected chi connectivity index (χ2v) is 4.74. The summed E-state index contributed by atoms with van der Waals surface area (Å²) in [6, 6.07) is 13.8. The van der Waals surface area contributed by atoms with Crippen LogP contribution in [0.2, 0.25) is 5.02 Å². The van der Waals surface area contributed by atoms with E-state index in [-0.39, 0.29) is 5.78 Å². The highest BCUT2D eigenvalue weighted by Gasteiger charge is 2.19. The van der Waals surface area contributed by atoms with Gasteiger partial charge in [0, 0.05) is 17.0 Å². The Balaban J connectivity index is 2.11. The standard InChI is InChI=1S/C15H11ClO/c16-13-3-1-2-11(8-13)12-5-4-10-6-7-15(17)14(10)9-12/h1-5,8-9H,6-7H2. The quantitative estimate of drug-likeness (QED) is 0.735. The number of carbonyl (C=O) groups excluding carboxylic acids is 1. The van der Waals surface area contributed by atoms with Crippen molar-refractivity contribution in [2.24, 2.45) is 0 Å². The van der Waals surface area contributed by atoms with Crippen LogP contribution in [0.4, 0.5) is 0 Å². The fourth-order valence-electron chi connectivity index (χ4n) is 2.28. The zero-order valence-corrected chi connectivity index (χ0v) is 10.00. The first kappa shape index (κ1) is 10.5. The van der Waals surface area contributed by atoms with Gasteiger partial charge in [-0.2, -0.15) is 0 Å². The SMILES string of the molecule is O=C1CCc2ccc(-c3cccc(Cl)c3)cc21. The summed E-state index contributed by atoms with van der Waals surface area (Å²) in [5.41, 5.74) is 4.16. The van der Waals surface area contributed by atoms with E-state index in [9.17, 15) is 4.79 Å². The first-order valence-electron chi connectivity index (χ1n) is 5.66. The summed E-state index contributed by atoms with van der Waals surface area (Å²) >= 11 is 5.97. The van der Waals surface area contributed by atoms with Crippen molar-refractivity contribution in [1.82, 2.24) is 0 Å². The van der Waals surface area contributed by atoms with Gasteiger partial charge in [0.2, 0.25) is 0 Å². The van der Waals surface area contributed by atoms with Crippen LogP contribution in [-0.4, -0.2) is 5.78 Å². The summed E-state index contributed by atoms with van der Waals surface area (Å²) in [6.45, 7) is 0. The number of benzene rings is 2. The van der Waals surface area contributed by atoms with Gasteiger partial charge in [-0.1, -0.05) is 35.9 Å². The lowest BCUT2D eigenvalue weighted by Crippen LogP contribution is -1.91. The molecular formula is C15H11ClO. The molecular weight excluding hydrogens is 232 g/mol. The molecule has 17 heavy (non-hydrogen) atoms. The van der Waals surface area contributed by atoms with Gasteiger partial charge in [0.1, 0.15) is 0 Å². The van der Waals surface area contributed by atoms with Gasteiger partial charge >= 0.3 is 0 Å². The summed E-state index contributed by atoms with van der Waals surface area (Å²) in [7, 11) is 0. The Morgan fingerprint density at radius 3 is 2.59 bits per heavy atom. The molecule has 0 atom stereocenters. The molecule has 1 nitrogen and oxygen atoms in total. The summed E-state index contributed by atoms with van der Waals surface area (Å²) in [6.07, 6.45) is 1.53. The summed E-state index contributed by atoms with van der Waals surface area (Å²) in [5.74, 6) is 0.254. The molecule has 0 radical (unpaired) electrons. The maximum atomic E-state index is 11.7. The first-order chi connectivity index (χ1) is 8.24. The molecule has 84 valence electrons. The Hall–Kier alpha value is -1.60. The maximum absolute atomic E-state index is 11.7. The molecule has 2 aromatic rings. The highest BCUT2D eigenvalue weighted by molar-refractivity contribution is 6.30.